The van der Waals surface area contributed by atoms with E-state index in [1.54, 1.807) is 0 Å². The molecule has 0 saturated heterocycles. The van der Waals surface area contributed by atoms with E-state index in [-0.39, 0.29) is 5.92 Å². The van der Waals surface area contributed by atoms with Gasteiger partial charge >= 0.3 is 0 Å². The van der Waals surface area contributed by atoms with Crippen molar-refractivity contribution in [2.45, 2.75) is 19.8 Å². The Kier molecular flexibility index (Phi) is 7.98. The Morgan fingerprint density at radius 1 is 1.55 bits per heavy atom. The van der Waals surface area contributed by atoms with E-state index in [1.807, 2.05) is 0 Å². The van der Waals surface area contributed by atoms with Crippen molar-refractivity contribution in [2.24, 2.45) is 5.92 Å². The van der Waals surface area contributed by atoms with Gasteiger partial charge < -0.3 is 4.74 Å². The SMILES string of the molecule is CCCOCCC(C#N)CBr. The van der Waals surface area contributed by atoms with E-state index in [4.69, 9.17) is 10.00 Å². The van der Waals surface area contributed by atoms with Crippen molar-refractivity contribution in [3.63, 3.8) is 0 Å². The lowest BCUT2D eigenvalue weighted by molar-refractivity contribution is 0.127. The third-order valence-electron chi connectivity index (χ3n) is 1.33. The molecule has 0 aromatic heterocycles. The first-order valence-corrected chi connectivity index (χ1v) is 5.00. The second kappa shape index (κ2) is 8.03. The maximum absolute atomic E-state index is 8.55. The van der Waals surface area contributed by atoms with Crippen LogP contribution in [0.4, 0.5) is 0 Å². The van der Waals surface area contributed by atoms with Gasteiger partial charge in [-0.25, -0.2) is 0 Å². The number of hydrogen-bond donors (Lipinski definition) is 0. The van der Waals surface area contributed by atoms with Crippen LogP contribution in [0.3, 0.4) is 0 Å². The van der Waals surface area contributed by atoms with E-state index in [0.717, 1.165) is 24.8 Å². The van der Waals surface area contributed by atoms with Gasteiger partial charge in [-0.15, -0.1) is 0 Å². The standard InChI is InChI=1S/C8H14BrNO/c1-2-4-11-5-3-8(6-9)7-10/h8H,2-6H2,1H3. The van der Waals surface area contributed by atoms with Crippen molar-refractivity contribution in [2.75, 3.05) is 18.5 Å². The molecule has 0 fully saturated rings. The zero-order valence-electron chi connectivity index (χ0n) is 6.85. The van der Waals surface area contributed by atoms with Crippen LogP contribution in [-0.4, -0.2) is 18.5 Å². The molecule has 0 aromatic rings. The lowest BCUT2D eigenvalue weighted by Gasteiger charge is -2.04. The van der Waals surface area contributed by atoms with Crippen molar-refractivity contribution in [3.05, 3.63) is 0 Å². The molecule has 0 bridgehead atoms. The smallest absolute Gasteiger partial charge is 0.0665 e. The van der Waals surface area contributed by atoms with Crippen LogP contribution in [0.5, 0.6) is 0 Å². The monoisotopic (exact) mass is 219 g/mol. The van der Waals surface area contributed by atoms with Gasteiger partial charge in [0.15, 0.2) is 0 Å². The lowest BCUT2D eigenvalue weighted by Crippen LogP contribution is -2.04. The third kappa shape index (κ3) is 6.33. The normalized spacial score (nSPS) is 12.5. The highest BCUT2D eigenvalue weighted by Gasteiger charge is 2.03. The molecule has 0 spiro atoms. The first-order valence-electron chi connectivity index (χ1n) is 3.88. The van der Waals surface area contributed by atoms with E-state index in [9.17, 15) is 0 Å². The van der Waals surface area contributed by atoms with Gasteiger partial charge in [0.1, 0.15) is 0 Å². The van der Waals surface area contributed by atoms with Crippen molar-refractivity contribution in [3.8, 4) is 6.07 Å². The Labute approximate surface area is 76.7 Å². The van der Waals surface area contributed by atoms with E-state index in [1.165, 1.54) is 0 Å². The van der Waals surface area contributed by atoms with Crippen LogP contribution in [0.15, 0.2) is 0 Å². The highest BCUT2D eigenvalue weighted by atomic mass is 79.9. The molecular formula is C8H14BrNO. The van der Waals surface area contributed by atoms with Gasteiger partial charge in [0, 0.05) is 18.5 Å². The van der Waals surface area contributed by atoms with Gasteiger partial charge in [0.25, 0.3) is 0 Å². The maximum Gasteiger partial charge on any atom is 0.0665 e. The minimum Gasteiger partial charge on any atom is -0.381 e. The molecule has 2 nitrogen and oxygen atoms in total. The second-order valence-electron chi connectivity index (χ2n) is 2.38. The molecule has 0 heterocycles. The van der Waals surface area contributed by atoms with E-state index >= 15 is 0 Å². The predicted molar refractivity (Wildman–Crippen MR) is 48.6 cm³/mol. The van der Waals surface area contributed by atoms with Gasteiger partial charge in [0.2, 0.25) is 0 Å². The molecule has 1 atom stereocenters. The Morgan fingerprint density at radius 3 is 2.73 bits per heavy atom. The highest BCUT2D eigenvalue weighted by molar-refractivity contribution is 9.09. The summed E-state index contributed by atoms with van der Waals surface area (Å²) in [5.41, 5.74) is 0. The summed E-state index contributed by atoms with van der Waals surface area (Å²) in [4.78, 5) is 0. The molecular weight excluding hydrogens is 206 g/mol. The van der Waals surface area contributed by atoms with E-state index < -0.39 is 0 Å². The maximum atomic E-state index is 8.55. The minimum atomic E-state index is 0.104. The van der Waals surface area contributed by atoms with Crippen LogP contribution in [0, 0.1) is 17.2 Å². The lowest BCUT2D eigenvalue weighted by atomic mass is 10.1. The summed E-state index contributed by atoms with van der Waals surface area (Å²) in [6.45, 7) is 3.59. The van der Waals surface area contributed by atoms with Crippen LogP contribution in [0.25, 0.3) is 0 Å². The van der Waals surface area contributed by atoms with Crippen LogP contribution in [0.1, 0.15) is 19.8 Å². The van der Waals surface area contributed by atoms with Crippen molar-refractivity contribution in [1.82, 2.24) is 0 Å². The third-order valence-corrected chi connectivity index (χ3v) is 2.11. The summed E-state index contributed by atoms with van der Waals surface area (Å²) >= 11 is 3.27. The molecule has 3 heteroatoms. The Balaban J connectivity index is 3.16. The average Bonchev–Trinajstić information content (AvgIpc) is 2.05. The molecule has 0 aliphatic heterocycles. The highest BCUT2D eigenvalue weighted by Crippen LogP contribution is 2.05. The second-order valence-corrected chi connectivity index (χ2v) is 3.03. The van der Waals surface area contributed by atoms with E-state index in [0.29, 0.717) is 6.61 Å². The molecule has 0 aromatic carbocycles. The van der Waals surface area contributed by atoms with Crippen molar-refractivity contribution in [1.29, 1.82) is 5.26 Å². The fourth-order valence-electron chi connectivity index (χ4n) is 0.648. The summed E-state index contributed by atoms with van der Waals surface area (Å²) < 4.78 is 5.24. The Morgan fingerprint density at radius 2 is 2.27 bits per heavy atom. The summed E-state index contributed by atoms with van der Waals surface area (Å²) in [5.74, 6) is 0.104. The molecule has 0 aliphatic rings. The Hall–Kier alpha value is -0.0700. The number of ether oxygens (including phenoxy) is 1. The first-order chi connectivity index (χ1) is 5.35. The van der Waals surface area contributed by atoms with Gasteiger partial charge in [-0.05, 0) is 12.8 Å². The number of nitriles is 1. The number of rotatable bonds is 6. The van der Waals surface area contributed by atoms with Gasteiger partial charge in [-0.3, -0.25) is 0 Å². The molecule has 0 aliphatic carbocycles. The van der Waals surface area contributed by atoms with Gasteiger partial charge in [-0.2, -0.15) is 5.26 Å². The van der Waals surface area contributed by atoms with Crippen LogP contribution >= 0.6 is 15.9 Å². The topological polar surface area (TPSA) is 33.0 Å². The number of hydrogen-bond acceptors (Lipinski definition) is 2. The first kappa shape index (κ1) is 10.9. The molecule has 0 radical (unpaired) electrons. The summed E-state index contributed by atoms with van der Waals surface area (Å²) in [6.07, 6.45) is 1.88. The van der Waals surface area contributed by atoms with Crippen molar-refractivity contribution >= 4 is 15.9 Å². The zero-order valence-corrected chi connectivity index (χ0v) is 8.43. The van der Waals surface area contributed by atoms with Crippen LogP contribution in [0.2, 0.25) is 0 Å². The number of nitrogens with zero attached hydrogens (tertiary/aromatic N) is 1. The molecule has 11 heavy (non-hydrogen) atoms. The fraction of sp³-hybridized carbons (Fsp3) is 0.875. The summed E-state index contributed by atoms with van der Waals surface area (Å²) in [5, 5.41) is 9.30. The molecule has 1 unspecified atom stereocenters. The van der Waals surface area contributed by atoms with Crippen LogP contribution in [-0.2, 0) is 4.74 Å². The molecule has 0 amide bonds. The fourth-order valence-corrected chi connectivity index (χ4v) is 1.12. The van der Waals surface area contributed by atoms with E-state index in [2.05, 4.69) is 28.9 Å². The number of alkyl halides is 1. The number of halogens is 1. The average molecular weight is 220 g/mol. The Bertz CT molecular complexity index is 122. The molecule has 64 valence electrons. The zero-order chi connectivity index (χ0) is 8.53. The van der Waals surface area contributed by atoms with Crippen molar-refractivity contribution < 1.29 is 4.74 Å². The quantitative estimate of drug-likeness (QED) is 0.508. The van der Waals surface area contributed by atoms with Crippen LogP contribution < -0.4 is 0 Å². The largest absolute Gasteiger partial charge is 0.381 e. The molecule has 0 N–H and O–H groups in total. The van der Waals surface area contributed by atoms with Gasteiger partial charge in [0.05, 0.1) is 12.0 Å². The molecule has 0 saturated carbocycles. The molecule has 0 rings (SSSR count). The van der Waals surface area contributed by atoms with Gasteiger partial charge in [-0.1, -0.05) is 22.9 Å². The minimum absolute atomic E-state index is 0.104. The summed E-state index contributed by atoms with van der Waals surface area (Å²) in [6, 6.07) is 2.20. The summed E-state index contributed by atoms with van der Waals surface area (Å²) in [7, 11) is 0. The predicted octanol–water partition coefficient (Wildman–Crippen LogP) is 2.34.